The Kier molecular flexibility index (Phi) is 7.22. The highest BCUT2D eigenvalue weighted by Gasteiger charge is 2.19. The Morgan fingerprint density at radius 2 is 1.59 bits per heavy atom. The third-order valence-electron chi connectivity index (χ3n) is 5.47. The molecule has 0 unspecified atom stereocenters. The van der Waals surface area contributed by atoms with Crippen LogP contribution in [0, 0.1) is 0 Å². The van der Waals surface area contributed by atoms with Crippen molar-refractivity contribution < 1.29 is 14.3 Å². The Morgan fingerprint density at radius 3 is 2.28 bits per heavy atom. The van der Waals surface area contributed by atoms with E-state index < -0.39 is 0 Å². The van der Waals surface area contributed by atoms with E-state index in [1.165, 1.54) is 5.56 Å². The van der Waals surface area contributed by atoms with E-state index in [2.05, 4.69) is 33.4 Å². The van der Waals surface area contributed by atoms with E-state index in [0.29, 0.717) is 29.2 Å². The predicted octanol–water partition coefficient (Wildman–Crippen LogP) is 5.56. The second kappa shape index (κ2) is 10.5. The zero-order valence-electron chi connectivity index (χ0n) is 17.7. The summed E-state index contributed by atoms with van der Waals surface area (Å²) in [6.07, 6.45) is 2.93. The fourth-order valence-electron chi connectivity index (χ4n) is 3.68. The lowest BCUT2D eigenvalue weighted by molar-refractivity contribution is 0.0792. The number of rotatable bonds is 7. The first-order valence-electron chi connectivity index (χ1n) is 10.8. The summed E-state index contributed by atoms with van der Waals surface area (Å²) in [7, 11) is 0. The van der Waals surface area contributed by atoms with Gasteiger partial charge >= 0.3 is 0 Å². The summed E-state index contributed by atoms with van der Waals surface area (Å²) in [6, 6.07) is 22.5. The summed E-state index contributed by atoms with van der Waals surface area (Å²) in [5.41, 5.74) is 3.02. The minimum Gasteiger partial charge on any atom is -0.492 e. The van der Waals surface area contributed by atoms with Crippen LogP contribution in [0.15, 0.2) is 77.3 Å². The number of hydrogen-bond acceptors (Lipinski definition) is 3. The molecule has 32 heavy (non-hydrogen) atoms. The Bertz CT molecular complexity index is 1080. The largest absolute Gasteiger partial charge is 0.492 e. The van der Waals surface area contributed by atoms with Gasteiger partial charge < -0.3 is 15.0 Å². The number of nitrogens with zero attached hydrogens (tertiary/aromatic N) is 1. The van der Waals surface area contributed by atoms with Crippen LogP contribution in [0.1, 0.15) is 39.1 Å². The molecule has 1 aliphatic heterocycles. The molecule has 0 aliphatic carbocycles. The number of nitrogens with one attached hydrogen (secondary N) is 1. The van der Waals surface area contributed by atoms with Crippen molar-refractivity contribution in [3.05, 3.63) is 94.0 Å². The SMILES string of the molecule is O=C(Nc1ccc(C(=O)N2CCCC2)cc1)c1ccc(OCCc2ccccc2)c(Br)c1. The lowest BCUT2D eigenvalue weighted by Gasteiger charge is -2.15. The molecule has 1 saturated heterocycles. The second-order valence-electron chi connectivity index (χ2n) is 7.76. The maximum absolute atomic E-state index is 12.7. The minimum absolute atomic E-state index is 0.0483. The van der Waals surface area contributed by atoms with Gasteiger partial charge in [0.1, 0.15) is 5.75 Å². The zero-order chi connectivity index (χ0) is 22.3. The molecule has 0 aromatic heterocycles. The molecule has 3 aromatic carbocycles. The van der Waals surface area contributed by atoms with Gasteiger partial charge in [-0.25, -0.2) is 0 Å². The maximum Gasteiger partial charge on any atom is 0.255 e. The Balaban J connectivity index is 1.33. The smallest absolute Gasteiger partial charge is 0.255 e. The van der Waals surface area contributed by atoms with E-state index in [4.69, 9.17) is 4.74 Å². The van der Waals surface area contributed by atoms with E-state index in [1.54, 1.807) is 42.5 Å². The molecule has 3 aromatic rings. The van der Waals surface area contributed by atoms with Crippen LogP contribution in [0.2, 0.25) is 0 Å². The third kappa shape index (κ3) is 5.56. The molecule has 0 atom stereocenters. The number of halogens is 1. The van der Waals surface area contributed by atoms with Gasteiger partial charge in [0.2, 0.25) is 0 Å². The highest BCUT2D eigenvalue weighted by molar-refractivity contribution is 9.10. The Labute approximate surface area is 196 Å². The Morgan fingerprint density at radius 1 is 0.906 bits per heavy atom. The molecule has 1 heterocycles. The van der Waals surface area contributed by atoms with Crippen LogP contribution >= 0.6 is 15.9 Å². The first-order valence-corrected chi connectivity index (χ1v) is 11.6. The molecule has 0 saturated carbocycles. The minimum atomic E-state index is -0.222. The van der Waals surface area contributed by atoms with Crippen LogP contribution in [-0.2, 0) is 6.42 Å². The summed E-state index contributed by atoms with van der Waals surface area (Å²) in [5.74, 6) is 0.523. The quantitative estimate of drug-likeness (QED) is 0.469. The summed E-state index contributed by atoms with van der Waals surface area (Å²) < 4.78 is 6.58. The first kappa shape index (κ1) is 22.1. The van der Waals surface area contributed by atoms with Crippen molar-refractivity contribution in [2.75, 3.05) is 25.0 Å². The fraction of sp³-hybridized carbons (Fsp3) is 0.231. The van der Waals surface area contributed by atoms with Gasteiger partial charge in [0, 0.05) is 36.3 Å². The monoisotopic (exact) mass is 492 g/mol. The predicted molar refractivity (Wildman–Crippen MR) is 129 cm³/mol. The van der Waals surface area contributed by atoms with Crippen molar-refractivity contribution in [3.63, 3.8) is 0 Å². The van der Waals surface area contributed by atoms with E-state index in [-0.39, 0.29) is 11.8 Å². The molecule has 1 fully saturated rings. The van der Waals surface area contributed by atoms with Gasteiger partial charge in [0.05, 0.1) is 11.1 Å². The van der Waals surface area contributed by atoms with Gasteiger partial charge in [-0.1, -0.05) is 30.3 Å². The number of carbonyl (C=O) groups is 2. The molecule has 0 bridgehead atoms. The van der Waals surface area contributed by atoms with Crippen molar-refractivity contribution >= 4 is 33.4 Å². The van der Waals surface area contributed by atoms with Crippen LogP contribution in [0.3, 0.4) is 0 Å². The molecule has 5 nitrogen and oxygen atoms in total. The number of amides is 2. The van der Waals surface area contributed by atoms with Crippen molar-refractivity contribution in [2.24, 2.45) is 0 Å². The lowest BCUT2D eigenvalue weighted by atomic mass is 10.1. The van der Waals surface area contributed by atoms with E-state index in [0.717, 1.165) is 36.8 Å². The second-order valence-corrected chi connectivity index (χ2v) is 8.61. The molecule has 0 spiro atoms. The molecule has 164 valence electrons. The maximum atomic E-state index is 12.7. The molecule has 4 rings (SSSR count). The molecule has 1 N–H and O–H groups in total. The summed E-state index contributed by atoms with van der Waals surface area (Å²) in [6.45, 7) is 2.19. The molecule has 0 radical (unpaired) electrons. The standard InChI is InChI=1S/C26H25BrN2O3/c27-23-18-21(10-13-24(23)32-17-14-19-6-2-1-3-7-19)25(30)28-22-11-8-20(9-12-22)26(31)29-15-4-5-16-29/h1-3,6-13,18H,4-5,14-17H2,(H,28,30). The van der Waals surface area contributed by atoms with E-state index in [9.17, 15) is 9.59 Å². The fourth-order valence-corrected chi connectivity index (χ4v) is 4.18. The Hall–Kier alpha value is -3.12. The van der Waals surface area contributed by atoms with Crippen LogP contribution in [0.25, 0.3) is 0 Å². The molecule has 2 amide bonds. The van der Waals surface area contributed by atoms with Crippen molar-refractivity contribution in [1.29, 1.82) is 0 Å². The van der Waals surface area contributed by atoms with E-state index in [1.807, 2.05) is 23.1 Å². The van der Waals surface area contributed by atoms with Crippen LogP contribution < -0.4 is 10.1 Å². The topological polar surface area (TPSA) is 58.6 Å². The molecular weight excluding hydrogens is 468 g/mol. The number of likely N-dealkylation sites (tertiary alicyclic amines) is 1. The van der Waals surface area contributed by atoms with Crippen LogP contribution in [0.4, 0.5) is 5.69 Å². The number of hydrogen-bond donors (Lipinski definition) is 1. The number of anilines is 1. The van der Waals surface area contributed by atoms with Crippen LogP contribution in [-0.4, -0.2) is 36.4 Å². The summed E-state index contributed by atoms with van der Waals surface area (Å²) in [5, 5.41) is 2.88. The van der Waals surface area contributed by atoms with E-state index >= 15 is 0 Å². The van der Waals surface area contributed by atoms with Crippen molar-refractivity contribution in [2.45, 2.75) is 19.3 Å². The first-order chi connectivity index (χ1) is 15.6. The highest BCUT2D eigenvalue weighted by Crippen LogP contribution is 2.27. The number of carbonyl (C=O) groups excluding carboxylic acids is 2. The highest BCUT2D eigenvalue weighted by atomic mass is 79.9. The summed E-state index contributed by atoms with van der Waals surface area (Å²) in [4.78, 5) is 27.0. The van der Waals surface area contributed by atoms with Crippen molar-refractivity contribution in [1.82, 2.24) is 4.90 Å². The van der Waals surface area contributed by atoms with Crippen LogP contribution in [0.5, 0.6) is 5.75 Å². The number of benzene rings is 3. The zero-order valence-corrected chi connectivity index (χ0v) is 19.3. The van der Waals surface area contributed by atoms with Gasteiger partial charge in [0.25, 0.3) is 11.8 Å². The molecule has 1 aliphatic rings. The summed E-state index contributed by atoms with van der Waals surface area (Å²) >= 11 is 3.50. The molecular formula is C26H25BrN2O3. The van der Waals surface area contributed by atoms with Gasteiger partial charge in [0.15, 0.2) is 0 Å². The lowest BCUT2D eigenvalue weighted by Crippen LogP contribution is -2.27. The van der Waals surface area contributed by atoms with Crippen molar-refractivity contribution in [3.8, 4) is 5.75 Å². The van der Waals surface area contributed by atoms with Gasteiger partial charge in [-0.2, -0.15) is 0 Å². The van der Waals surface area contributed by atoms with Gasteiger partial charge in [-0.15, -0.1) is 0 Å². The van der Waals surface area contributed by atoms with Gasteiger partial charge in [-0.05, 0) is 76.8 Å². The average Bonchev–Trinajstić information content (AvgIpc) is 3.36. The normalized spacial score (nSPS) is 13.1. The number of ether oxygens (including phenoxy) is 1. The third-order valence-corrected chi connectivity index (χ3v) is 6.09. The van der Waals surface area contributed by atoms with Gasteiger partial charge in [-0.3, -0.25) is 9.59 Å². The molecule has 6 heteroatoms. The average molecular weight is 493 g/mol.